The van der Waals surface area contributed by atoms with Crippen molar-refractivity contribution in [2.24, 2.45) is 0 Å². The summed E-state index contributed by atoms with van der Waals surface area (Å²) in [6, 6.07) is -1.12. The SMILES string of the molecule is Cc1noc(C)c1C(=O)NC(CCO)C(=O)O. The first-order valence-electron chi connectivity index (χ1n) is 5.04. The van der Waals surface area contributed by atoms with Crippen LogP contribution >= 0.6 is 0 Å². The molecule has 7 nitrogen and oxygen atoms in total. The van der Waals surface area contributed by atoms with Gasteiger partial charge in [0.05, 0.1) is 5.69 Å². The molecule has 0 spiro atoms. The summed E-state index contributed by atoms with van der Waals surface area (Å²) in [6.45, 7) is 2.84. The van der Waals surface area contributed by atoms with Crippen molar-refractivity contribution in [1.29, 1.82) is 0 Å². The van der Waals surface area contributed by atoms with Crippen molar-refractivity contribution < 1.29 is 24.3 Å². The molecule has 0 saturated carbocycles. The molecule has 1 unspecified atom stereocenters. The molecule has 1 aromatic rings. The van der Waals surface area contributed by atoms with Gasteiger partial charge in [-0.05, 0) is 13.8 Å². The second-order valence-electron chi connectivity index (χ2n) is 3.58. The zero-order chi connectivity index (χ0) is 13.0. The quantitative estimate of drug-likeness (QED) is 0.662. The van der Waals surface area contributed by atoms with Crippen molar-refractivity contribution in [1.82, 2.24) is 10.5 Å². The van der Waals surface area contributed by atoms with E-state index in [1.165, 1.54) is 0 Å². The topological polar surface area (TPSA) is 113 Å². The molecule has 0 aromatic carbocycles. The van der Waals surface area contributed by atoms with Crippen LogP contribution in [0.3, 0.4) is 0 Å². The standard InChI is InChI=1S/C10H14N2O5/c1-5-8(6(2)17-12-5)9(14)11-7(3-4-13)10(15)16/h7,13H,3-4H2,1-2H3,(H,11,14)(H,15,16). The highest BCUT2D eigenvalue weighted by Crippen LogP contribution is 2.12. The monoisotopic (exact) mass is 242 g/mol. The molecule has 1 amide bonds. The molecule has 1 heterocycles. The van der Waals surface area contributed by atoms with E-state index in [1.54, 1.807) is 13.8 Å². The zero-order valence-electron chi connectivity index (χ0n) is 9.56. The average Bonchev–Trinajstić information content (AvgIpc) is 2.57. The van der Waals surface area contributed by atoms with Crippen LogP contribution in [0.25, 0.3) is 0 Å². The summed E-state index contributed by atoms with van der Waals surface area (Å²) >= 11 is 0. The number of carbonyl (C=O) groups is 2. The summed E-state index contributed by atoms with van der Waals surface area (Å²) < 4.78 is 4.81. The van der Waals surface area contributed by atoms with Crippen LogP contribution in [0, 0.1) is 13.8 Å². The highest BCUT2D eigenvalue weighted by Gasteiger charge is 2.24. The number of rotatable bonds is 5. The summed E-state index contributed by atoms with van der Waals surface area (Å²) in [7, 11) is 0. The zero-order valence-corrected chi connectivity index (χ0v) is 9.56. The van der Waals surface area contributed by atoms with Crippen LogP contribution in [-0.4, -0.2) is 39.9 Å². The minimum absolute atomic E-state index is 0.0511. The van der Waals surface area contributed by atoms with Crippen molar-refractivity contribution in [3.63, 3.8) is 0 Å². The van der Waals surface area contributed by atoms with Gasteiger partial charge >= 0.3 is 5.97 Å². The normalized spacial score (nSPS) is 12.2. The number of aromatic nitrogens is 1. The van der Waals surface area contributed by atoms with Crippen LogP contribution in [-0.2, 0) is 4.79 Å². The van der Waals surface area contributed by atoms with Gasteiger partial charge in [-0.15, -0.1) is 0 Å². The van der Waals surface area contributed by atoms with E-state index >= 15 is 0 Å². The lowest BCUT2D eigenvalue weighted by molar-refractivity contribution is -0.139. The predicted octanol–water partition coefficient (Wildman–Crippen LogP) is -0.143. The minimum atomic E-state index is -1.20. The van der Waals surface area contributed by atoms with Crippen molar-refractivity contribution in [3.05, 3.63) is 17.0 Å². The maximum atomic E-state index is 11.8. The van der Waals surface area contributed by atoms with Crippen LogP contribution in [0.15, 0.2) is 4.52 Å². The Morgan fingerprint density at radius 2 is 2.12 bits per heavy atom. The molecule has 0 aliphatic carbocycles. The molecule has 1 rings (SSSR count). The number of carboxylic acids is 1. The average molecular weight is 242 g/mol. The molecule has 1 atom stereocenters. The van der Waals surface area contributed by atoms with E-state index in [2.05, 4.69) is 10.5 Å². The van der Waals surface area contributed by atoms with E-state index < -0.39 is 17.9 Å². The Kier molecular flexibility index (Phi) is 4.22. The lowest BCUT2D eigenvalue weighted by atomic mass is 10.1. The van der Waals surface area contributed by atoms with Gasteiger partial charge in [-0.3, -0.25) is 4.79 Å². The Hall–Kier alpha value is -1.89. The third-order valence-corrected chi connectivity index (χ3v) is 2.28. The first-order chi connectivity index (χ1) is 7.97. The number of nitrogens with one attached hydrogen (secondary N) is 1. The van der Waals surface area contributed by atoms with Crippen molar-refractivity contribution >= 4 is 11.9 Å². The van der Waals surface area contributed by atoms with Crippen LogP contribution in [0.4, 0.5) is 0 Å². The van der Waals surface area contributed by atoms with Gasteiger partial charge in [0.2, 0.25) is 0 Å². The van der Waals surface area contributed by atoms with Crippen molar-refractivity contribution in [3.8, 4) is 0 Å². The van der Waals surface area contributed by atoms with Crippen LogP contribution in [0.1, 0.15) is 28.2 Å². The molecule has 1 aromatic heterocycles. The number of aryl methyl sites for hydroxylation is 2. The summed E-state index contributed by atoms with van der Waals surface area (Å²) in [5, 5.41) is 23.4. The van der Waals surface area contributed by atoms with Gasteiger partial charge < -0.3 is 20.1 Å². The molecule has 0 fully saturated rings. The van der Waals surface area contributed by atoms with Gasteiger partial charge in [0, 0.05) is 13.0 Å². The Labute approximate surface area is 97.4 Å². The predicted molar refractivity (Wildman–Crippen MR) is 56.6 cm³/mol. The second-order valence-corrected chi connectivity index (χ2v) is 3.58. The number of nitrogens with zero attached hydrogens (tertiary/aromatic N) is 1. The Morgan fingerprint density at radius 3 is 2.53 bits per heavy atom. The molecule has 17 heavy (non-hydrogen) atoms. The van der Waals surface area contributed by atoms with Gasteiger partial charge in [-0.25, -0.2) is 4.79 Å². The van der Waals surface area contributed by atoms with Gasteiger partial charge in [0.1, 0.15) is 17.4 Å². The first-order valence-corrected chi connectivity index (χ1v) is 5.04. The molecule has 0 bridgehead atoms. The molecule has 3 N–H and O–H groups in total. The number of hydrogen-bond acceptors (Lipinski definition) is 5. The van der Waals surface area contributed by atoms with E-state index in [0.29, 0.717) is 11.5 Å². The van der Waals surface area contributed by atoms with E-state index in [4.69, 9.17) is 14.7 Å². The van der Waals surface area contributed by atoms with Crippen molar-refractivity contribution in [2.45, 2.75) is 26.3 Å². The van der Waals surface area contributed by atoms with Crippen LogP contribution in [0.2, 0.25) is 0 Å². The fourth-order valence-corrected chi connectivity index (χ4v) is 1.42. The number of carboxylic acid groups (broad SMARTS) is 1. The van der Waals surface area contributed by atoms with Gasteiger partial charge in [0.25, 0.3) is 5.91 Å². The lowest BCUT2D eigenvalue weighted by Crippen LogP contribution is -2.41. The van der Waals surface area contributed by atoms with Gasteiger partial charge in [-0.2, -0.15) is 0 Å². The van der Waals surface area contributed by atoms with Crippen LogP contribution < -0.4 is 5.32 Å². The maximum absolute atomic E-state index is 11.8. The maximum Gasteiger partial charge on any atom is 0.326 e. The van der Waals surface area contributed by atoms with Crippen molar-refractivity contribution in [2.75, 3.05) is 6.61 Å². The molecular weight excluding hydrogens is 228 g/mol. The van der Waals surface area contributed by atoms with E-state index in [-0.39, 0.29) is 18.6 Å². The molecule has 0 radical (unpaired) electrons. The van der Waals surface area contributed by atoms with Gasteiger partial charge in [0.15, 0.2) is 0 Å². The fourth-order valence-electron chi connectivity index (χ4n) is 1.42. The highest BCUT2D eigenvalue weighted by atomic mass is 16.5. The minimum Gasteiger partial charge on any atom is -0.480 e. The van der Waals surface area contributed by atoms with E-state index in [0.717, 1.165) is 0 Å². The number of carbonyl (C=O) groups excluding carboxylic acids is 1. The highest BCUT2D eigenvalue weighted by molar-refractivity contribution is 5.98. The molecule has 0 saturated heterocycles. The number of aliphatic hydroxyl groups is 1. The number of aliphatic carboxylic acids is 1. The summed E-state index contributed by atoms with van der Waals surface area (Å²) in [4.78, 5) is 22.6. The number of amides is 1. The summed E-state index contributed by atoms with van der Waals surface area (Å²) in [5.74, 6) is -1.44. The molecule has 7 heteroatoms. The molecule has 94 valence electrons. The largest absolute Gasteiger partial charge is 0.480 e. The van der Waals surface area contributed by atoms with Crippen LogP contribution in [0.5, 0.6) is 0 Å². The smallest absolute Gasteiger partial charge is 0.326 e. The summed E-state index contributed by atoms with van der Waals surface area (Å²) in [6.07, 6.45) is -0.0511. The third-order valence-electron chi connectivity index (χ3n) is 2.28. The molecular formula is C10H14N2O5. The second kappa shape index (κ2) is 5.44. The number of hydrogen-bond donors (Lipinski definition) is 3. The first kappa shape index (κ1) is 13.2. The Morgan fingerprint density at radius 1 is 1.47 bits per heavy atom. The fraction of sp³-hybridized carbons (Fsp3) is 0.500. The Bertz CT molecular complexity index is 407. The molecule has 0 aliphatic rings. The van der Waals surface area contributed by atoms with E-state index in [9.17, 15) is 9.59 Å². The van der Waals surface area contributed by atoms with Gasteiger partial charge in [-0.1, -0.05) is 5.16 Å². The Balaban J connectivity index is 2.81. The third kappa shape index (κ3) is 3.04. The number of aliphatic hydroxyl groups excluding tert-OH is 1. The lowest BCUT2D eigenvalue weighted by Gasteiger charge is -2.12. The summed E-state index contributed by atoms with van der Waals surface area (Å²) in [5.41, 5.74) is 0.627. The molecule has 0 aliphatic heterocycles. The van der Waals surface area contributed by atoms with E-state index in [1.807, 2.05) is 0 Å².